The molecule has 2 rings (SSSR count). The highest BCUT2D eigenvalue weighted by Crippen LogP contribution is 2.23. The fourth-order valence-electron chi connectivity index (χ4n) is 1.97. The van der Waals surface area contributed by atoms with Gasteiger partial charge in [-0.3, -0.25) is 4.98 Å². The average molecular weight is 232 g/mol. The van der Waals surface area contributed by atoms with E-state index in [0.29, 0.717) is 23.8 Å². The van der Waals surface area contributed by atoms with Crippen LogP contribution in [0.4, 0.5) is 0 Å². The summed E-state index contributed by atoms with van der Waals surface area (Å²) in [6.45, 7) is 5.91. The van der Waals surface area contributed by atoms with E-state index in [9.17, 15) is 0 Å². The first-order chi connectivity index (χ1) is 8.20. The van der Waals surface area contributed by atoms with Crippen LogP contribution in [-0.2, 0) is 4.74 Å². The molecule has 1 atom stereocenters. The number of hydrogen-bond acceptors (Lipinski definition) is 4. The Bertz CT molecular complexity index is 445. The third-order valence-electron chi connectivity index (χ3n) is 2.90. The fourth-order valence-corrected chi connectivity index (χ4v) is 1.97. The maximum Gasteiger partial charge on any atom is 0.140 e. The monoisotopic (exact) mass is 232 g/mol. The molecule has 0 N–H and O–H groups in total. The zero-order valence-corrected chi connectivity index (χ0v) is 10.2. The van der Waals surface area contributed by atoms with Crippen LogP contribution in [0.15, 0.2) is 6.07 Å². The molecule has 17 heavy (non-hydrogen) atoms. The van der Waals surface area contributed by atoms with Gasteiger partial charge >= 0.3 is 0 Å². The molecule has 4 nitrogen and oxygen atoms in total. The summed E-state index contributed by atoms with van der Waals surface area (Å²) in [6.07, 6.45) is 1.03. The van der Waals surface area contributed by atoms with Gasteiger partial charge in [-0.2, -0.15) is 5.26 Å². The number of hydrogen-bond donors (Lipinski definition) is 0. The Labute approximate surface area is 101 Å². The lowest BCUT2D eigenvalue weighted by Crippen LogP contribution is -2.12. The SMILES string of the molecule is Cc1cc(OCC2CCOC2)c(C#N)c(C)n1. The van der Waals surface area contributed by atoms with Gasteiger partial charge in [0.2, 0.25) is 0 Å². The van der Waals surface area contributed by atoms with Gasteiger partial charge in [0.1, 0.15) is 17.4 Å². The Balaban J connectivity index is 2.11. The van der Waals surface area contributed by atoms with E-state index in [2.05, 4.69) is 11.1 Å². The van der Waals surface area contributed by atoms with Crippen molar-refractivity contribution in [1.29, 1.82) is 5.26 Å². The van der Waals surface area contributed by atoms with Gasteiger partial charge in [-0.1, -0.05) is 0 Å². The standard InChI is InChI=1S/C13H16N2O2/c1-9-5-13(12(6-14)10(2)15-9)17-8-11-3-4-16-7-11/h5,11H,3-4,7-8H2,1-2H3. The Morgan fingerprint density at radius 1 is 1.59 bits per heavy atom. The first kappa shape index (κ1) is 11.9. The molecule has 0 saturated carbocycles. The second-order valence-corrected chi connectivity index (χ2v) is 4.37. The minimum absolute atomic E-state index is 0.440. The first-order valence-corrected chi connectivity index (χ1v) is 5.79. The minimum Gasteiger partial charge on any atom is -0.492 e. The highest BCUT2D eigenvalue weighted by Gasteiger charge is 2.17. The summed E-state index contributed by atoms with van der Waals surface area (Å²) in [5, 5.41) is 9.09. The van der Waals surface area contributed by atoms with E-state index >= 15 is 0 Å². The van der Waals surface area contributed by atoms with E-state index in [1.165, 1.54) is 0 Å². The van der Waals surface area contributed by atoms with Crippen molar-refractivity contribution in [2.45, 2.75) is 20.3 Å². The number of nitrogens with zero attached hydrogens (tertiary/aromatic N) is 2. The molecule has 1 fully saturated rings. The van der Waals surface area contributed by atoms with Crippen molar-refractivity contribution in [3.05, 3.63) is 23.0 Å². The molecular weight excluding hydrogens is 216 g/mol. The van der Waals surface area contributed by atoms with Gasteiger partial charge < -0.3 is 9.47 Å². The fraction of sp³-hybridized carbons (Fsp3) is 0.538. The Morgan fingerprint density at radius 2 is 2.41 bits per heavy atom. The van der Waals surface area contributed by atoms with Crippen molar-refractivity contribution in [1.82, 2.24) is 4.98 Å². The van der Waals surface area contributed by atoms with Gasteiger partial charge in [0.05, 0.1) is 18.9 Å². The predicted octanol–water partition coefficient (Wildman–Crippen LogP) is 1.99. The van der Waals surface area contributed by atoms with Crippen molar-refractivity contribution >= 4 is 0 Å². The van der Waals surface area contributed by atoms with Gasteiger partial charge in [-0.25, -0.2) is 0 Å². The summed E-state index contributed by atoms with van der Waals surface area (Å²) in [7, 11) is 0. The smallest absolute Gasteiger partial charge is 0.140 e. The third-order valence-corrected chi connectivity index (χ3v) is 2.90. The predicted molar refractivity (Wildman–Crippen MR) is 62.8 cm³/mol. The largest absolute Gasteiger partial charge is 0.492 e. The molecule has 0 aromatic carbocycles. The molecule has 1 aliphatic rings. The molecule has 1 aliphatic heterocycles. The maximum absolute atomic E-state index is 9.09. The number of pyridine rings is 1. The van der Waals surface area contributed by atoms with Crippen molar-refractivity contribution < 1.29 is 9.47 Å². The topological polar surface area (TPSA) is 55.1 Å². The van der Waals surface area contributed by atoms with Crippen LogP contribution in [0.2, 0.25) is 0 Å². The van der Waals surface area contributed by atoms with Crippen LogP contribution in [0.25, 0.3) is 0 Å². The molecule has 90 valence electrons. The zero-order chi connectivity index (χ0) is 12.3. The zero-order valence-electron chi connectivity index (χ0n) is 10.2. The highest BCUT2D eigenvalue weighted by atomic mass is 16.5. The van der Waals surface area contributed by atoms with E-state index in [1.54, 1.807) is 0 Å². The number of aromatic nitrogens is 1. The molecule has 2 heterocycles. The summed E-state index contributed by atoms with van der Waals surface area (Å²) in [5.41, 5.74) is 2.14. The molecule has 1 unspecified atom stereocenters. The van der Waals surface area contributed by atoms with Crippen molar-refractivity contribution in [2.24, 2.45) is 5.92 Å². The summed E-state index contributed by atoms with van der Waals surface area (Å²) < 4.78 is 11.0. The minimum atomic E-state index is 0.440. The summed E-state index contributed by atoms with van der Waals surface area (Å²) >= 11 is 0. The molecule has 1 aromatic heterocycles. The lowest BCUT2D eigenvalue weighted by atomic mass is 10.1. The Kier molecular flexibility index (Phi) is 3.60. The van der Waals surface area contributed by atoms with E-state index in [-0.39, 0.29) is 0 Å². The van der Waals surface area contributed by atoms with E-state index in [0.717, 1.165) is 31.0 Å². The number of aryl methyl sites for hydroxylation is 2. The molecule has 0 radical (unpaired) electrons. The molecule has 0 spiro atoms. The van der Waals surface area contributed by atoms with Gasteiger partial charge in [-0.05, 0) is 20.3 Å². The van der Waals surface area contributed by atoms with E-state index in [1.807, 2.05) is 19.9 Å². The summed E-state index contributed by atoms with van der Waals surface area (Å²) in [6, 6.07) is 3.97. The van der Waals surface area contributed by atoms with Crippen molar-refractivity contribution in [3.8, 4) is 11.8 Å². The lowest BCUT2D eigenvalue weighted by Gasteiger charge is -2.13. The van der Waals surface area contributed by atoms with E-state index in [4.69, 9.17) is 14.7 Å². The molecular formula is C13H16N2O2. The quantitative estimate of drug-likeness (QED) is 0.799. The van der Waals surface area contributed by atoms with Crippen molar-refractivity contribution in [3.63, 3.8) is 0 Å². The van der Waals surface area contributed by atoms with Crippen LogP contribution >= 0.6 is 0 Å². The maximum atomic E-state index is 9.09. The Morgan fingerprint density at radius 3 is 3.06 bits per heavy atom. The van der Waals surface area contributed by atoms with Gasteiger partial charge in [-0.15, -0.1) is 0 Å². The molecule has 1 saturated heterocycles. The number of rotatable bonds is 3. The molecule has 4 heteroatoms. The number of ether oxygens (including phenoxy) is 2. The van der Waals surface area contributed by atoms with Crippen LogP contribution in [-0.4, -0.2) is 24.8 Å². The average Bonchev–Trinajstić information content (AvgIpc) is 2.78. The van der Waals surface area contributed by atoms with Crippen LogP contribution in [0, 0.1) is 31.1 Å². The Hall–Kier alpha value is -1.60. The normalized spacial score (nSPS) is 19.0. The van der Waals surface area contributed by atoms with Crippen LogP contribution in [0.1, 0.15) is 23.4 Å². The van der Waals surface area contributed by atoms with Gasteiger partial charge in [0, 0.05) is 24.3 Å². The van der Waals surface area contributed by atoms with Gasteiger partial charge in [0.25, 0.3) is 0 Å². The van der Waals surface area contributed by atoms with Crippen LogP contribution in [0.3, 0.4) is 0 Å². The van der Waals surface area contributed by atoms with E-state index < -0.39 is 0 Å². The lowest BCUT2D eigenvalue weighted by molar-refractivity contribution is 0.167. The highest BCUT2D eigenvalue weighted by molar-refractivity contribution is 5.46. The summed E-state index contributed by atoms with van der Waals surface area (Å²) in [4.78, 5) is 4.26. The van der Waals surface area contributed by atoms with Crippen LogP contribution in [0.5, 0.6) is 5.75 Å². The van der Waals surface area contributed by atoms with Gasteiger partial charge in [0.15, 0.2) is 0 Å². The van der Waals surface area contributed by atoms with Crippen molar-refractivity contribution in [2.75, 3.05) is 19.8 Å². The molecule has 0 aliphatic carbocycles. The second kappa shape index (κ2) is 5.15. The third kappa shape index (κ3) is 2.75. The van der Waals surface area contributed by atoms with Crippen LogP contribution < -0.4 is 4.74 Å². The second-order valence-electron chi connectivity index (χ2n) is 4.37. The molecule has 1 aromatic rings. The molecule has 0 amide bonds. The number of nitriles is 1. The first-order valence-electron chi connectivity index (χ1n) is 5.79. The summed E-state index contributed by atoms with van der Waals surface area (Å²) in [5.74, 6) is 1.08. The molecule has 0 bridgehead atoms.